The Morgan fingerprint density at radius 2 is 1.84 bits per heavy atom. The Hall–Kier alpha value is -3.02. The van der Waals surface area contributed by atoms with Crippen LogP contribution < -0.4 is 10.6 Å². The summed E-state index contributed by atoms with van der Waals surface area (Å²) in [4.78, 5) is 24.8. The van der Waals surface area contributed by atoms with Gasteiger partial charge in [0.1, 0.15) is 5.75 Å². The van der Waals surface area contributed by atoms with Crippen LogP contribution in [0, 0.1) is 11.3 Å². The molecule has 0 spiro atoms. The Kier molecular flexibility index (Phi) is 7.21. The number of benzene rings is 2. The molecule has 0 aromatic heterocycles. The van der Waals surface area contributed by atoms with Crippen LogP contribution >= 0.6 is 27.7 Å². The maximum atomic E-state index is 12.4. The first kappa shape index (κ1) is 22.7. The molecular formula is C23H20BrN3O3S. The molecule has 0 radical (unpaired) electrons. The summed E-state index contributed by atoms with van der Waals surface area (Å²) in [5, 5.41) is 26.0. The molecule has 0 fully saturated rings. The minimum absolute atomic E-state index is 0.0918. The van der Waals surface area contributed by atoms with Gasteiger partial charge in [-0.15, -0.1) is 0 Å². The van der Waals surface area contributed by atoms with E-state index in [1.54, 1.807) is 31.2 Å². The highest BCUT2D eigenvalue weighted by atomic mass is 79.9. The number of carbonyl (C=O) groups excluding carboxylic acids is 2. The largest absolute Gasteiger partial charge is 0.508 e. The van der Waals surface area contributed by atoms with Crippen LogP contribution in [0.25, 0.3) is 0 Å². The van der Waals surface area contributed by atoms with E-state index in [0.717, 1.165) is 10.0 Å². The molecule has 0 saturated heterocycles. The summed E-state index contributed by atoms with van der Waals surface area (Å²) in [5.41, 5.74) is 2.89. The normalized spacial score (nSPS) is 15.9. The Bertz CT molecular complexity index is 1120. The lowest BCUT2D eigenvalue weighted by Gasteiger charge is -2.29. The fraction of sp³-hybridized carbons (Fsp3) is 0.174. The van der Waals surface area contributed by atoms with Gasteiger partial charge in [0.15, 0.2) is 5.78 Å². The Balaban J connectivity index is 1.86. The minimum Gasteiger partial charge on any atom is -0.508 e. The number of aromatic hydroxyl groups is 1. The van der Waals surface area contributed by atoms with Crippen molar-refractivity contribution in [3.05, 3.63) is 80.4 Å². The molecule has 8 heteroatoms. The zero-order valence-corrected chi connectivity index (χ0v) is 19.3. The van der Waals surface area contributed by atoms with Gasteiger partial charge in [-0.3, -0.25) is 9.59 Å². The number of anilines is 1. The number of hydrogen-bond acceptors (Lipinski definition) is 6. The molecule has 2 aromatic rings. The smallest absolute Gasteiger partial charge is 0.234 e. The predicted molar refractivity (Wildman–Crippen MR) is 125 cm³/mol. The number of hydrogen-bond donors (Lipinski definition) is 3. The van der Waals surface area contributed by atoms with Crippen LogP contribution in [0.4, 0.5) is 5.69 Å². The number of nitriles is 1. The molecule has 1 aliphatic heterocycles. The van der Waals surface area contributed by atoms with E-state index in [2.05, 4.69) is 32.6 Å². The number of dihydropyridines is 1. The number of carbonyl (C=O) groups is 2. The van der Waals surface area contributed by atoms with E-state index in [1.807, 2.05) is 12.1 Å². The van der Waals surface area contributed by atoms with Crippen LogP contribution in [0.3, 0.4) is 0 Å². The summed E-state index contributed by atoms with van der Waals surface area (Å²) in [7, 11) is 0. The number of halogens is 1. The number of ketones is 1. The van der Waals surface area contributed by atoms with Crippen molar-refractivity contribution in [3.63, 3.8) is 0 Å². The van der Waals surface area contributed by atoms with Crippen molar-refractivity contribution < 1.29 is 14.7 Å². The van der Waals surface area contributed by atoms with E-state index < -0.39 is 5.92 Å². The van der Waals surface area contributed by atoms with Gasteiger partial charge in [0, 0.05) is 21.4 Å². The van der Waals surface area contributed by atoms with E-state index in [9.17, 15) is 20.0 Å². The number of nitrogens with one attached hydrogen (secondary N) is 2. The highest BCUT2D eigenvalue weighted by molar-refractivity contribution is 9.10. The summed E-state index contributed by atoms with van der Waals surface area (Å²) in [6.07, 6.45) is 0. The van der Waals surface area contributed by atoms with Gasteiger partial charge in [-0.2, -0.15) is 5.26 Å². The first-order valence-electron chi connectivity index (χ1n) is 9.40. The highest BCUT2D eigenvalue weighted by Gasteiger charge is 2.33. The zero-order valence-electron chi connectivity index (χ0n) is 16.9. The summed E-state index contributed by atoms with van der Waals surface area (Å²) in [5.74, 6) is -0.730. The van der Waals surface area contributed by atoms with Crippen molar-refractivity contribution in [2.24, 2.45) is 0 Å². The van der Waals surface area contributed by atoms with Crippen LogP contribution in [-0.2, 0) is 9.59 Å². The Labute approximate surface area is 193 Å². The molecule has 158 valence electrons. The highest BCUT2D eigenvalue weighted by Crippen LogP contribution is 2.41. The summed E-state index contributed by atoms with van der Waals surface area (Å²) in [6, 6.07) is 15.9. The predicted octanol–water partition coefficient (Wildman–Crippen LogP) is 4.81. The van der Waals surface area contributed by atoms with Crippen molar-refractivity contribution >= 4 is 45.1 Å². The molecule has 6 nitrogen and oxygen atoms in total. The third-order valence-corrected chi connectivity index (χ3v) is 6.27. The lowest BCUT2D eigenvalue weighted by Crippen LogP contribution is -2.27. The van der Waals surface area contributed by atoms with Crippen LogP contribution in [0.1, 0.15) is 25.3 Å². The van der Waals surface area contributed by atoms with Crippen LogP contribution in [0.15, 0.2) is 74.9 Å². The van der Waals surface area contributed by atoms with E-state index in [-0.39, 0.29) is 23.2 Å². The SMILES string of the molecule is CC(=O)C1=C(C)NC(SCC(=O)Nc2ccc(Br)cc2)=C(C#N)[C@H]1c1ccc(O)cc1. The zero-order chi connectivity index (χ0) is 22.5. The van der Waals surface area contributed by atoms with Gasteiger partial charge in [-0.1, -0.05) is 39.8 Å². The molecule has 3 N–H and O–H groups in total. The number of nitrogens with zero attached hydrogens (tertiary/aromatic N) is 1. The second-order valence-corrected chi connectivity index (χ2v) is 8.84. The Morgan fingerprint density at radius 1 is 1.19 bits per heavy atom. The van der Waals surface area contributed by atoms with Gasteiger partial charge < -0.3 is 15.7 Å². The first-order valence-corrected chi connectivity index (χ1v) is 11.2. The quantitative estimate of drug-likeness (QED) is 0.528. The number of allylic oxidation sites excluding steroid dienone is 3. The van der Waals surface area contributed by atoms with E-state index in [1.165, 1.54) is 30.8 Å². The average molecular weight is 498 g/mol. The van der Waals surface area contributed by atoms with Crippen LogP contribution in [0.2, 0.25) is 0 Å². The Morgan fingerprint density at radius 3 is 2.42 bits per heavy atom. The van der Waals surface area contributed by atoms with Crippen molar-refractivity contribution in [2.45, 2.75) is 19.8 Å². The second-order valence-electron chi connectivity index (χ2n) is 6.94. The lowest BCUT2D eigenvalue weighted by molar-refractivity contribution is -0.114. The molecule has 1 amide bonds. The maximum Gasteiger partial charge on any atom is 0.234 e. The molecule has 3 rings (SSSR count). The van der Waals surface area contributed by atoms with Gasteiger partial charge in [0.2, 0.25) is 5.91 Å². The summed E-state index contributed by atoms with van der Waals surface area (Å²) in [6.45, 7) is 3.24. The molecule has 0 aliphatic carbocycles. The molecule has 2 aromatic carbocycles. The second kappa shape index (κ2) is 9.86. The van der Waals surface area contributed by atoms with Gasteiger partial charge >= 0.3 is 0 Å². The van der Waals surface area contributed by atoms with Crippen molar-refractivity contribution in [1.29, 1.82) is 5.26 Å². The fourth-order valence-corrected chi connectivity index (χ4v) is 4.52. The first-order chi connectivity index (χ1) is 14.8. The summed E-state index contributed by atoms with van der Waals surface area (Å²) < 4.78 is 0.916. The van der Waals surface area contributed by atoms with Crippen LogP contribution in [0.5, 0.6) is 5.75 Å². The van der Waals surface area contributed by atoms with Gasteiger partial charge in [-0.25, -0.2) is 0 Å². The molecule has 0 unspecified atom stereocenters. The van der Waals surface area contributed by atoms with Crippen molar-refractivity contribution in [2.75, 3.05) is 11.1 Å². The lowest BCUT2D eigenvalue weighted by atomic mass is 9.81. The van der Waals surface area contributed by atoms with Gasteiger partial charge in [0.05, 0.1) is 28.3 Å². The average Bonchev–Trinajstić information content (AvgIpc) is 2.73. The number of rotatable bonds is 6. The standard InChI is InChI=1S/C23H20BrN3O3S/c1-13-21(14(2)28)22(15-3-9-18(29)10-4-15)19(11-25)23(26-13)31-12-20(30)27-17-7-5-16(24)6-8-17/h3-10,22,26,29H,12H2,1-2H3,(H,27,30)/t22-/m1/s1. The van der Waals surface area contributed by atoms with Gasteiger partial charge in [0.25, 0.3) is 0 Å². The third kappa shape index (κ3) is 5.37. The number of phenolic OH excluding ortho intramolecular Hbond substituents is 1. The fourth-order valence-electron chi connectivity index (χ4n) is 3.36. The van der Waals surface area contributed by atoms with Gasteiger partial charge in [-0.05, 0) is 55.8 Å². The monoisotopic (exact) mass is 497 g/mol. The van der Waals surface area contributed by atoms with Crippen molar-refractivity contribution in [1.82, 2.24) is 5.32 Å². The number of Topliss-reactive ketones (excluding diaryl/α,β-unsaturated/α-hetero) is 1. The third-order valence-electron chi connectivity index (χ3n) is 4.73. The van der Waals surface area contributed by atoms with Crippen LogP contribution in [-0.4, -0.2) is 22.5 Å². The number of thioether (sulfide) groups is 1. The molecule has 0 saturated carbocycles. The topological polar surface area (TPSA) is 102 Å². The molecule has 1 heterocycles. The van der Waals surface area contributed by atoms with E-state index in [0.29, 0.717) is 27.6 Å². The van der Waals surface area contributed by atoms with E-state index >= 15 is 0 Å². The number of amides is 1. The number of phenols is 1. The molecule has 0 bridgehead atoms. The molecule has 1 atom stereocenters. The van der Waals surface area contributed by atoms with Crippen molar-refractivity contribution in [3.8, 4) is 11.8 Å². The summed E-state index contributed by atoms with van der Waals surface area (Å²) >= 11 is 4.56. The molecule has 31 heavy (non-hydrogen) atoms. The molecule has 1 aliphatic rings. The maximum absolute atomic E-state index is 12.4. The van der Waals surface area contributed by atoms with E-state index in [4.69, 9.17) is 0 Å². The minimum atomic E-state index is -0.568. The molecular weight excluding hydrogens is 478 g/mol.